The first-order valence-electron chi connectivity index (χ1n) is 10.8. The lowest BCUT2D eigenvalue weighted by atomic mass is 9.77. The fourth-order valence-electron chi connectivity index (χ4n) is 4.51. The number of hydrogen-bond acceptors (Lipinski definition) is 5. The van der Waals surface area contributed by atoms with Crippen LogP contribution in [0.2, 0.25) is 0 Å². The zero-order valence-electron chi connectivity index (χ0n) is 18.2. The summed E-state index contributed by atoms with van der Waals surface area (Å²) in [6, 6.07) is 7.21. The van der Waals surface area contributed by atoms with Gasteiger partial charge in [-0.1, -0.05) is 38.8 Å². The van der Waals surface area contributed by atoms with Crippen molar-refractivity contribution in [3.05, 3.63) is 24.3 Å². The van der Waals surface area contributed by atoms with Gasteiger partial charge in [0.1, 0.15) is 5.75 Å². The Morgan fingerprint density at radius 2 is 1.93 bits per heavy atom. The van der Waals surface area contributed by atoms with Gasteiger partial charge in [0.05, 0.1) is 18.7 Å². The predicted octanol–water partition coefficient (Wildman–Crippen LogP) is 3.24. The highest BCUT2D eigenvalue weighted by molar-refractivity contribution is 5.96. The molecule has 5 atom stereocenters. The fraction of sp³-hybridized carbons (Fsp3) is 0.609. The molecule has 1 saturated carbocycles. The van der Waals surface area contributed by atoms with E-state index in [1.807, 2.05) is 4.90 Å². The van der Waals surface area contributed by atoms with Gasteiger partial charge in [-0.2, -0.15) is 0 Å². The number of likely N-dealkylation sites (tertiary alicyclic amines) is 1. The van der Waals surface area contributed by atoms with Crippen LogP contribution in [0.15, 0.2) is 24.3 Å². The van der Waals surface area contributed by atoms with Crippen LogP contribution in [0.25, 0.3) is 0 Å². The summed E-state index contributed by atoms with van der Waals surface area (Å²) in [6.07, 6.45) is 2.45. The lowest BCUT2D eigenvalue weighted by molar-refractivity contribution is -0.157. The van der Waals surface area contributed by atoms with Crippen molar-refractivity contribution in [3.8, 4) is 5.75 Å². The van der Waals surface area contributed by atoms with Gasteiger partial charge in [-0.05, 0) is 37.3 Å². The molecule has 0 aromatic heterocycles. The van der Waals surface area contributed by atoms with Gasteiger partial charge in [0.25, 0.3) is 5.91 Å². The van der Waals surface area contributed by atoms with E-state index in [4.69, 9.17) is 9.47 Å². The minimum atomic E-state index is -0.972. The standard InChI is InChI=1S/C23H32N2O5/c1-14-8-7-10-19(15(14)2)25-13-17(12-21(25)26)23(28)30-16(3)22(27)24-18-9-5-6-11-20(18)29-4/h5-6,9,11,14-17,19H,7-8,10,12-13H2,1-4H3,(H,24,27)/t14-,15-,16+,17-,19+/m1/s1. The van der Waals surface area contributed by atoms with E-state index < -0.39 is 23.9 Å². The molecule has 0 spiro atoms. The number of hydrogen-bond donors (Lipinski definition) is 1. The molecule has 2 aliphatic rings. The first-order valence-corrected chi connectivity index (χ1v) is 10.8. The van der Waals surface area contributed by atoms with Crippen LogP contribution < -0.4 is 10.1 Å². The highest BCUT2D eigenvalue weighted by Gasteiger charge is 2.42. The molecule has 1 heterocycles. The summed E-state index contributed by atoms with van der Waals surface area (Å²) >= 11 is 0. The zero-order chi connectivity index (χ0) is 21.8. The van der Waals surface area contributed by atoms with Gasteiger partial charge >= 0.3 is 5.97 Å². The number of esters is 1. The van der Waals surface area contributed by atoms with Gasteiger partial charge in [0, 0.05) is 19.0 Å². The number of anilines is 1. The average molecular weight is 417 g/mol. The van der Waals surface area contributed by atoms with Crippen LogP contribution in [0.4, 0.5) is 5.69 Å². The van der Waals surface area contributed by atoms with E-state index in [1.165, 1.54) is 20.5 Å². The monoisotopic (exact) mass is 416 g/mol. The molecule has 7 heteroatoms. The van der Waals surface area contributed by atoms with E-state index in [2.05, 4.69) is 19.2 Å². The van der Waals surface area contributed by atoms with Crippen molar-refractivity contribution >= 4 is 23.5 Å². The highest BCUT2D eigenvalue weighted by Crippen LogP contribution is 2.36. The molecule has 164 valence electrons. The van der Waals surface area contributed by atoms with Crippen LogP contribution in [0, 0.1) is 17.8 Å². The third-order valence-electron chi connectivity index (χ3n) is 6.58. The Balaban J connectivity index is 1.56. The molecular formula is C23H32N2O5. The van der Waals surface area contributed by atoms with E-state index >= 15 is 0 Å². The third-order valence-corrected chi connectivity index (χ3v) is 6.58. The number of carbonyl (C=O) groups excluding carboxylic acids is 3. The predicted molar refractivity (Wildman–Crippen MR) is 113 cm³/mol. The van der Waals surface area contributed by atoms with Gasteiger partial charge in [0.2, 0.25) is 5.91 Å². The number of carbonyl (C=O) groups is 3. The first kappa shape index (κ1) is 22.1. The minimum Gasteiger partial charge on any atom is -0.495 e. The van der Waals surface area contributed by atoms with Crippen LogP contribution in [0.1, 0.15) is 46.5 Å². The lowest BCUT2D eigenvalue weighted by Gasteiger charge is -2.39. The fourth-order valence-corrected chi connectivity index (χ4v) is 4.51. The highest BCUT2D eigenvalue weighted by atomic mass is 16.5. The van der Waals surface area contributed by atoms with Crippen LogP contribution in [-0.4, -0.2) is 48.5 Å². The van der Waals surface area contributed by atoms with Crippen molar-refractivity contribution in [1.29, 1.82) is 0 Å². The van der Waals surface area contributed by atoms with Crippen molar-refractivity contribution in [2.45, 2.75) is 58.6 Å². The molecule has 1 aliphatic carbocycles. The third kappa shape index (κ3) is 4.77. The quantitative estimate of drug-likeness (QED) is 0.720. The molecule has 7 nitrogen and oxygen atoms in total. The summed E-state index contributed by atoms with van der Waals surface area (Å²) in [5.41, 5.74) is 0.510. The molecule has 0 radical (unpaired) electrons. The van der Waals surface area contributed by atoms with Gasteiger partial charge < -0.3 is 19.7 Å². The SMILES string of the molecule is COc1ccccc1NC(=O)[C@H](C)OC(=O)[C@@H]1CC(=O)N([C@H]2CCC[C@@H](C)[C@H]2C)C1. The average Bonchev–Trinajstić information content (AvgIpc) is 3.12. The number of benzene rings is 1. The number of methoxy groups -OCH3 is 1. The lowest BCUT2D eigenvalue weighted by Crippen LogP contribution is -2.45. The number of nitrogens with one attached hydrogen (secondary N) is 1. The number of rotatable bonds is 6. The van der Waals surface area contributed by atoms with Crippen LogP contribution >= 0.6 is 0 Å². The molecule has 30 heavy (non-hydrogen) atoms. The van der Waals surface area contributed by atoms with E-state index in [0.29, 0.717) is 29.8 Å². The molecule has 0 unspecified atom stereocenters. The van der Waals surface area contributed by atoms with Gasteiger partial charge in [-0.25, -0.2) is 0 Å². The second-order valence-electron chi connectivity index (χ2n) is 8.55. The summed E-state index contributed by atoms with van der Waals surface area (Å²) in [6.45, 7) is 6.32. The molecule has 1 N–H and O–H groups in total. The molecule has 2 fully saturated rings. The molecule has 1 aromatic carbocycles. The topological polar surface area (TPSA) is 84.9 Å². The van der Waals surface area contributed by atoms with E-state index in [1.54, 1.807) is 24.3 Å². The number of nitrogens with zero attached hydrogens (tertiary/aromatic N) is 1. The number of ether oxygens (including phenoxy) is 2. The summed E-state index contributed by atoms with van der Waals surface area (Å²) in [7, 11) is 1.52. The summed E-state index contributed by atoms with van der Waals surface area (Å²) < 4.78 is 10.6. The Morgan fingerprint density at radius 3 is 2.67 bits per heavy atom. The number of para-hydroxylation sites is 2. The molecule has 3 rings (SSSR count). The van der Waals surface area contributed by atoms with Gasteiger partial charge in [-0.3, -0.25) is 14.4 Å². The Labute approximate surface area is 178 Å². The maximum atomic E-state index is 12.6. The van der Waals surface area contributed by atoms with Crippen LogP contribution in [0.3, 0.4) is 0 Å². The zero-order valence-corrected chi connectivity index (χ0v) is 18.2. The van der Waals surface area contributed by atoms with E-state index in [0.717, 1.165) is 12.8 Å². The van der Waals surface area contributed by atoms with Gasteiger partial charge in [0.15, 0.2) is 6.10 Å². The Bertz CT molecular complexity index is 796. The normalized spacial score (nSPS) is 27.5. The first-order chi connectivity index (χ1) is 14.3. The Hall–Kier alpha value is -2.57. The summed E-state index contributed by atoms with van der Waals surface area (Å²) in [5.74, 6) is 0.0628. The van der Waals surface area contributed by atoms with Crippen molar-refractivity contribution < 1.29 is 23.9 Å². The van der Waals surface area contributed by atoms with E-state index in [9.17, 15) is 14.4 Å². The van der Waals surface area contributed by atoms with Crippen LogP contribution in [0.5, 0.6) is 5.75 Å². The summed E-state index contributed by atoms with van der Waals surface area (Å²) in [5, 5.41) is 2.72. The molecule has 1 aromatic rings. The van der Waals surface area contributed by atoms with Crippen molar-refractivity contribution in [1.82, 2.24) is 4.90 Å². The summed E-state index contributed by atoms with van der Waals surface area (Å²) in [4.78, 5) is 39.6. The van der Waals surface area contributed by atoms with E-state index in [-0.39, 0.29) is 18.4 Å². The Kier molecular flexibility index (Phi) is 7.00. The Morgan fingerprint density at radius 1 is 1.20 bits per heavy atom. The molecular weight excluding hydrogens is 384 g/mol. The van der Waals surface area contributed by atoms with Crippen molar-refractivity contribution in [3.63, 3.8) is 0 Å². The second-order valence-corrected chi connectivity index (χ2v) is 8.55. The second kappa shape index (κ2) is 9.49. The van der Waals surface area contributed by atoms with Crippen molar-refractivity contribution in [2.24, 2.45) is 17.8 Å². The van der Waals surface area contributed by atoms with Crippen LogP contribution in [-0.2, 0) is 19.1 Å². The minimum absolute atomic E-state index is 0.00836. The largest absolute Gasteiger partial charge is 0.495 e. The maximum absolute atomic E-state index is 12.6. The molecule has 1 saturated heterocycles. The number of amides is 2. The van der Waals surface area contributed by atoms with Gasteiger partial charge in [-0.15, -0.1) is 0 Å². The van der Waals surface area contributed by atoms with Crippen molar-refractivity contribution in [2.75, 3.05) is 19.0 Å². The molecule has 0 bridgehead atoms. The maximum Gasteiger partial charge on any atom is 0.312 e. The smallest absolute Gasteiger partial charge is 0.312 e. The molecule has 2 amide bonds. The molecule has 1 aliphatic heterocycles.